The van der Waals surface area contributed by atoms with Crippen molar-refractivity contribution in [2.24, 2.45) is 5.73 Å². The van der Waals surface area contributed by atoms with E-state index in [2.05, 4.69) is 0 Å². The lowest BCUT2D eigenvalue weighted by molar-refractivity contribution is -0.193. The maximum absolute atomic E-state index is 10.6. The Morgan fingerprint density at radius 1 is 0.792 bits per heavy atom. The second-order valence-corrected chi connectivity index (χ2v) is 3.48. The average Bonchev–Trinajstić information content (AvgIpc) is 2.34. The number of hydrogen-bond acceptors (Lipinski definition) is 5. The molecular weight excluding hydrogens is 364 g/mol. The Labute approximate surface area is 128 Å². The summed E-state index contributed by atoms with van der Waals surface area (Å²) in [6.07, 6.45) is -10.4. The molecule has 142 valence electrons. The van der Waals surface area contributed by atoms with Gasteiger partial charge >= 0.3 is 36.2 Å². The maximum Gasteiger partial charge on any atom is 0.490 e. The van der Waals surface area contributed by atoms with Crippen LogP contribution in [-0.2, 0) is 19.2 Å². The third-order valence-electron chi connectivity index (χ3n) is 1.47. The van der Waals surface area contributed by atoms with Crippen LogP contribution in [0.25, 0.3) is 0 Å². The van der Waals surface area contributed by atoms with Gasteiger partial charge in [-0.1, -0.05) is 0 Å². The third-order valence-corrected chi connectivity index (χ3v) is 1.47. The molecule has 6 N–H and O–H groups in total. The molecule has 0 unspecified atom stereocenters. The van der Waals surface area contributed by atoms with Gasteiger partial charge in [0, 0.05) is 6.42 Å². The van der Waals surface area contributed by atoms with Crippen LogP contribution in [0.2, 0.25) is 0 Å². The van der Waals surface area contributed by atoms with Crippen LogP contribution in [0.15, 0.2) is 0 Å². The Hall–Kier alpha value is -2.58. The second kappa shape index (κ2) is 11.0. The molecule has 0 heterocycles. The van der Waals surface area contributed by atoms with Crippen molar-refractivity contribution in [3.05, 3.63) is 0 Å². The second-order valence-electron chi connectivity index (χ2n) is 3.48. The SMILES string of the molecule is N[C@@H](CCC(=O)O)C(=O)O.O=C(O)C(F)(F)F.O=C(O)C(F)(F)F. The number of hydrogen-bond donors (Lipinski definition) is 5. The molecule has 0 bridgehead atoms. The Morgan fingerprint density at radius 2 is 1.04 bits per heavy atom. The molecule has 24 heavy (non-hydrogen) atoms. The lowest BCUT2D eigenvalue weighted by Crippen LogP contribution is -2.30. The lowest BCUT2D eigenvalue weighted by Gasteiger charge is -2.01. The van der Waals surface area contributed by atoms with Gasteiger partial charge in [-0.3, -0.25) is 9.59 Å². The van der Waals surface area contributed by atoms with Crippen molar-refractivity contribution in [1.29, 1.82) is 0 Å². The molecule has 0 amide bonds. The number of aliphatic carboxylic acids is 4. The smallest absolute Gasteiger partial charge is 0.481 e. The van der Waals surface area contributed by atoms with E-state index in [1.54, 1.807) is 0 Å². The molecule has 9 nitrogen and oxygen atoms in total. The predicted molar refractivity (Wildman–Crippen MR) is 59.9 cm³/mol. The fraction of sp³-hybridized carbons (Fsp3) is 0.556. The van der Waals surface area contributed by atoms with E-state index >= 15 is 0 Å². The van der Waals surface area contributed by atoms with Gasteiger partial charge in [0.2, 0.25) is 0 Å². The normalized spacial score (nSPS) is 11.8. The molecule has 0 rings (SSSR count). The third kappa shape index (κ3) is 19.4. The van der Waals surface area contributed by atoms with Crippen molar-refractivity contribution >= 4 is 23.9 Å². The highest BCUT2D eigenvalue weighted by Crippen LogP contribution is 2.13. The first kappa shape index (κ1) is 26.3. The van der Waals surface area contributed by atoms with Crippen LogP contribution >= 0.6 is 0 Å². The summed E-state index contributed by atoms with van der Waals surface area (Å²) in [6.45, 7) is 0. The number of carboxylic acid groups (broad SMARTS) is 4. The molecule has 0 aliphatic heterocycles. The molecule has 0 radical (unpaired) electrons. The van der Waals surface area contributed by atoms with Crippen molar-refractivity contribution < 1.29 is 65.9 Å². The minimum atomic E-state index is -5.08. The van der Waals surface area contributed by atoms with Crippen LogP contribution in [0.5, 0.6) is 0 Å². The molecule has 0 fully saturated rings. The van der Waals surface area contributed by atoms with Crippen molar-refractivity contribution in [3.8, 4) is 0 Å². The highest BCUT2D eigenvalue weighted by atomic mass is 19.4. The highest BCUT2D eigenvalue weighted by molar-refractivity contribution is 5.74. The van der Waals surface area contributed by atoms with E-state index in [1.807, 2.05) is 0 Å². The first-order valence-electron chi connectivity index (χ1n) is 5.23. The number of carbonyl (C=O) groups is 4. The summed E-state index contributed by atoms with van der Waals surface area (Å²) in [7, 11) is 0. The Morgan fingerprint density at radius 3 is 1.17 bits per heavy atom. The number of rotatable bonds is 4. The number of alkyl halides is 6. The average molecular weight is 375 g/mol. The van der Waals surface area contributed by atoms with Crippen LogP contribution in [0.1, 0.15) is 12.8 Å². The van der Waals surface area contributed by atoms with Crippen LogP contribution in [-0.4, -0.2) is 62.7 Å². The first-order chi connectivity index (χ1) is 10.4. The summed E-state index contributed by atoms with van der Waals surface area (Å²) >= 11 is 0. The van der Waals surface area contributed by atoms with E-state index in [1.165, 1.54) is 0 Å². The van der Waals surface area contributed by atoms with Gasteiger partial charge in [-0.15, -0.1) is 0 Å². The van der Waals surface area contributed by atoms with Gasteiger partial charge in [0.25, 0.3) is 0 Å². The van der Waals surface area contributed by atoms with Crippen molar-refractivity contribution in [3.63, 3.8) is 0 Å². The van der Waals surface area contributed by atoms with Gasteiger partial charge in [-0.2, -0.15) is 26.3 Å². The molecule has 0 aromatic heterocycles. The zero-order valence-corrected chi connectivity index (χ0v) is 11.3. The fourth-order valence-electron chi connectivity index (χ4n) is 0.402. The van der Waals surface area contributed by atoms with Gasteiger partial charge in [0.05, 0.1) is 0 Å². The molecule has 15 heteroatoms. The topological polar surface area (TPSA) is 175 Å². The minimum absolute atomic E-state index is 0.0231. The van der Waals surface area contributed by atoms with Crippen LogP contribution < -0.4 is 5.73 Å². The maximum atomic E-state index is 10.6. The standard InChI is InChI=1S/C5H9NO4.2C2HF3O2/c6-3(5(9)10)1-2-4(7)8;2*3-2(4,5)1(6)7/h3H,1-2,6H2,(H,7,8)(H,9,10);2*(H,6,7)/t3-;;/m0../s1. The van der Waals surface area contributed by atoms with Crippen LogP contribution in [0.4, 0.5) is 26.3 Å². The van der Waals surface area contributed by atoms with E-state index in [0.29, 0.717) is 0 Å². The molecular formula is C9H11F6NO8. The highest BCUT2D eigenvalue weighted by Gasteiger charge is 2.38. The van der Waals surface area contributed by atoms with E-state index in [4.69, 9.17) is 35.7 Å². The summed E-state index contributed by atoms with van der Waals surface area (Å²) in [5.41, 5.74) is 5.00. The fourth-order valence-corrected chi connectivity index (χ4v) is 0.402. The van der Waals surface area contributed by atoms with Crippen molar-refractivity contribution in [1.82, 2.24) is 0 Å². The van der Waals surface area contributed by atoms with Gasteiger partial charge in [0.1, 0.15) is 6.04 Å². The summed E-state index contributed by atoms with van der Waals surface area (Å²) in [4.78, 5) is 37.7. The molecule has 1 atom stereocenters. The number of halogens is 6. The van der Waals surface area contributed by atoms with Gasteiger partial charge < -0.3 is 26.2 Å². The van der Waals surface area contributed by atoms with Gasteiger partial charge in [-0.05, 0) is 6.42 Å². The monoisotopic (exact) mass is 375 g/mol. The molecule has 0 aliphatic carbocycles. The Balaban J connectivity index is -0.000000283. The Kier molecular flexibility index (Phi) is 12.1. The minimum Gasteiger partial charge on any atom is -0.481 e. The van der Waals surface area contributed by atoms with Crippen LogP contribution in [0, 0.1) is 0 Å². The lowest BCUT2D eigenvalue weighted by atomic mass is 10.2. The van der Waals surface area contributed by atoms with Gasteiger partial charge in [-0.25, -0.2) is 9.59 Å². The number of carboxylic acids is 4. The predicted octanol–water partition coefficient (Wildman–Crippen LogP) is 0.530. The zero-order chi connectivity index (χ0) is 20.3. The Bertz CT molecular complexity index is 422. The quantitative estimate of drug-likeness (QED) is 0.439. The summed E-state index contributed by atoms with van der Waals surface area (Å²) in [6, 6.07) is -1.06. The number of nitrogens with two attached hydrogens (primary N) is 1. The van der Waals surface area contributed by atoms with Crippen molar-refractivity contribution in [2.45, 2.75) is 31.2 Å². The van der Waals surface area contributed by atoms with E-state index < -0.39 is 42.3 Å². The van der Waals surface area contributed by atoms with Crippen LogP contribution in [0.3, 0.4) is 0 Å². The first-order valence-corrected chi connectivity index (χ1v) is 5.23. The van der Waals surface area contributed by atoms with E-state index in [-0.39, 0.29) is 12.8 Å². The molecule has 0 saturated heterocycles. The van der Waals surface area contributed by atoms with E-state index in [9.17, 15) is 35.9 Å². The largest absolute Gasteiger partial charge is 0.490 e. The summed E-state index contributed by atoms with van der Waals surface area (Å²) in [5, 5.41) is 30.5. The summed E-state index contributed by atoms with van der Waals surface area (Å²) in [5.74, 6) is -7.71. The molecule has 0 saturated carbocycles. The molecule has 0 spiro atoms. The molecule has 0 aromatic carbocycles. The molecule has 0 aromatic rings. The zero-order valence-electron chi connectivity index (χ0n) is 11.3. The molecule has 0 aliphatic rings. The van der Waals surface area contributed by atoms with Gasteiger partial charge in [0.15, 0.2) is 0 Å². The van der Waals surface area contributed by atoms with Crippen molar-refractivity contribution in [2.75, 3.05) is 0 Å². The van der Waals surface area contributed by atoms with E-state index in [0.717, 1.165) is 0 Å². The summed E-state index contributed by atoms with van der Waals surface area (Å²) < 4.78 is 63.5.